The highest BCUT2D eigenvalue weighted by Crippen LogP contribution is 2.37. The molecule has 112 valence electrons. The van der Waals surface area contributed by atoms with Crippen LogP contribution < -0.4 is 0 Å². The first kappa shape index (κ1) is 12.8. The van der Waals surface area contributed by atoms with Crippen LogP contribution in [0.1, 0.15) is 11.5 Å². The van der Waals surface area contributed by atoms with Gasteiger partial charge in [0.15, 0.2) is 5.82 Å². The number of hydrogen-bond acceptors (Lipinski definition) is 4. The Morgan fingerprint density at radius 1 is 1.04 bits per heavy atom. The molecular formula is C17H13N5S. The van der Waals surface area contributed by atoms with Crippen molar-refractivity contribution in [1.29, 1.82) is 0 Å². The fourth-order valence-corrected chi connectivity index (χ4v) is 4.14. The second kappa shape index (κ2) is 4.63. The monoisotopic (exact) mass is 319 g/mol. The molecule has 0 unspecified atom stereocenters. The first-order chi connectivity index (χ1) is 11.3. The van der Waals surface area contributed by atoms with Gasteiger partial charge in [0, 0.05) is 11.8 Å². The molecule has 0 fully saturated rings. The molecule has 1 aliphatic rings. The Kier molecular flexibility index (Phi) is 2.57. The van der Waals surface area contributed by atoms with Gasteiger partial charge in [-0.2, -0.15) is 0 Å². The largest absolute Gasteiger partial charge is 0.339 e. The van der Waals surface area contributed by atoms with E-state index < -0.39 is 0 Å². The highest BCUT2D eigenvalue weighted by Gasteiger charge is 2.25. The van der Waals surface area contributed by atoms with Crippen molar-refractivity contribution in [2.24, 2.45) is 0 Å². The van der Waals surface area contributed by atoms with Gasteiger partial charge >= 0.3 is 0 Å². The molecule has 6 heteroatoms. The standard InChI is InChI=1S/C17H13N5S/c1-11-19-20-15-14-8-5-9-21(14)10-13-17(22(11)15)23-16(18-13)12-6-3-2-4-7-12/h2-9H,10H2,1H3. The minimum atomic E-state index is 0.754. The predicted octanol–water partition coefficient (Wildman–Crippen LogP) is 3.53. The Labute approximate surface area is 136 Å². The van der Waals surface area contributed by atoms with E-state index in [2.05, 4.69) is 43.7 Å². The number of benzene rings is 1. The zero-order valence-electron chi connectivity index (χ0n) is 12.5. The summed E-state index contributed by atoms with van der Waals surface area (Å²) in [5.41, 5.74) is 3.29. The summed E-state index contributed by atoms with van der Waals surface area (Å²) in [6.07, 6.45) is 2.07. The van der Waals surface area contributed by atoms with Crippen LogP contribution in [0.2, 0.25) is 0 Å². The lowest BCUT2D eigenvalue weighted by Crippen LogP contribution is -1.99. The van der Waals surface area contributed by atoms with E-state index in [9.17, 15) is 0 Å². The van der Waals surface area contributed by atoms with Gasteiger partial charge in [0.1, 0.15) is 15.8 Å². The molecule has 3 aromatic heterocycles. The molecule has 5 rings (SSSR count). The van der Waals surface area contributed by atoms with Crippen molar-refractivity contribution < 1.29 is 0 Å². The van der Waals surface area contributed by atoms with Crippen LogP contribution in [0.15, 0.2) is 48.7 Å². The van der Waals surface area contributed by atoms with E-state index in [0.29, 0.717) is 0 Å². The summed E-state index contributed by atoms with van der Waals surface area (Å²) in [7, 11) is 0. The highest BCUT2D eigenvalue weighted by molar-refractivity contribution is 7.17. The van der Waals surface area contributed by atoms with Gasteiger partial charge in [0.05, 0.1) is 17.9 Å². The lowest BCUT2D eigenvalue weighted by Gasteiger charge is -2.03. The van der Waals surface area contributed by atoms with Gasteiger partial charge in [-0.3, -0.25) is 4.57 Å². The van der Waals surface area contributed by atoms with Gasteiger partial charge in [0.25, 0.3) is 0 Å². The van der Waals surface area contributed by atoms with Crippen LogP contribution in [0.25, 0.3) is 27.1 Å². The first-order valence-electron chi connectivity index (χ1n) is 7.44. The number of aryl methyl sites for hydroxylation is 1. The zero-order chi connectivity index (χ0) is 15.4. The third kappa shape index (κ3) is 1.82. The van der Waals surface area contributed by atoms with Crippen molar-refractivity contribution in [3.05, 3.63) is 60.2 Å². The lowest BCUT2D eigenvalue weighted by atomic mass is 10.2. The molecule has 0 N–H and O–H groups in total. The van der Waals surface area contributed by atoms with Gasteiger partial charge in [0.2, 0.25) is 0 Å². The smallest absolute Gasteiger partial charge is 0.185 e. The van der Waals surface area contributed by atoms with E-state index in [1.807, 2.05) is 31.2 Å². The van der Waals surface area contributed by atoms with Crippen LogP contribution in [0, 0.1) is 6.92 Å². The quantitative estimate of drug-likeness (QED) is 0.475. The molecule has 0 radical (unpaired) electrons. The molecule has 0 spiro atoms. The molecule has 1 aromatic carbocycles. The Balaban J connectivity index is 1.78. The average Bonchev–Trinajstić information content (AvgIpc) is 3.26. The number of hydrogen-bond donors (Lipinski definition) is 0. The lowest BCUT2D eigenvalue weighted by molar-refractivity contribution is 0.796. The third-order valence-electron chi connectivity index (χ3n) is 4.10. The van der Waals surface area contributed by atoms with Gasteiger partial charge in [-0.05, 0) is 19.1 Å². The van der Waals surface area contributed by atoms with Crippen LogP contribution in [0.3, 0.4) is 0 Å². The molecule has 0 amide bonds. The summed E-state index contributed by atoms with van der Waals surface area (Å²) in [5.74, 6) is 1.77. The van der Waals surface area contributed by atoms with E-state index >= 15 is 0 Å². The maximum absolute atomic E-state index is 4.90. The van der Waals surface area contributed by atoms with Crippen molar-refractivity contribution in [2.45, 2.75) is 13.5 Å². The molecule has 0 bridgehead atoms. The number of aromatic nitrogens is 5. The number of rotatable bonds is 1. The Bertz CT molecular complexity index is 1010. The fourth-order valence-electron chi connectivity index (χ4n) is 3.01. The molecule has 0 saturated carbocycles. The van der Waals surface area contributed by atoms with E-state index in [-0.39, 0.29) is 0 Å². The summed E-state index contributed by atoms with van der Waals surface area (Å²) in [5, 5.41) is 10.8. The predicted molar refractivity (Wildman–Crippen MR) is 89.7 cm³/mol. The van der Waals surface area contributed by atoms with E-state index in [1.165, 1.54) is 0 Å². The molecular weight excluding hydrogens is 306 g/mol. The van der Waals surface area contributed by atoms with E-state index in [4.69, 9.17) is 4.98 Å². The van der Waals surface area contributed by atoms with Crippen LogP contribution in [0.4, 0.5) is 0 Å². The first-order valence-corrected chi connectivity index (χ1v) is 8.26. The Morgan fingerprint density at radius 3 is 2.78 bits per heavy atom. The molecule has 23 heavy (non-hydrogen) atoms. The number of nitrogens with zero attached hydrogens (tertiary/aromatic N) is 5. The Hall–Kier alpha value is -2.73. The SMILES string of the molecule is Cc1nnc2n1-c1sc(-c3ccccc3)nc1Cn1cccc1-2. The van der Waals surface area contributed by atoms with Crippen molar-refractivity contribution in [3.63, 3.8) is 0 Å². The summed E-state index contributed by atoms with van der Waals surface area (Å²) in [4.78, 5) is 4.90. The molecule has 4 heterocycles. The minimum absolute atomic E-state index is 0.754. The molecule has 4 aromatic rings. The van der Waals surface area contributed by atoms with Gasteiger partial charge in [-0.1, -0.05) is 41.7 Å². The fraction of sp³-hybridized carbons (Fsp3) is 0.118. The molecule has 0 atom stereocenters. The second-order valence-corrected chi connectivity index (χ2v) is 6.54. The summed E-state index contributed by atoms with van der Waals surface area (Å²) < 4.78 is 4.30. The van der Waals surface area contributed by atoms with Crippen LogP contribution in [-0.2, 0) is 6.54 Å². The highest BCUT2D eigenvalue weighted by atomic mass is 32.1. The Morgan fingerprint density at radius 2 is 1.91 bits per heavy atom. The summed E-state index contributed by atoms with van der Waals surface area (Å²) in [6, 6.07) is 14.4. The summed E-state index contributed by atoms with van der Waals surface area (Å²) >= 11 is 1.70. The molecule has 1 aliphatic heterocycles. The van der Waals surface area contributed by atoms with Gasteiger partial charge in [-0.15, -0.1) is 10.2 Å². The van der Waals surface area contributed by atoms with Crippen LogP contribution in [-0.4, -0.2) is 24.3 Å². The van der Waals surface area contributed by atoms with Crippen molar-refractivity contribution >= 4 is 11.3 Å². The van der Waals surface area contributed by atoms with Gasteiger partial charge in [-0.25, -0.2) is 4.98 Å². The third-order valence-corrected chi connectivity index (χ3v) is 5.24. The van der Waals surface area contributed by atoms with Crippen molar-refractivity contribution in [2.75, 3.05) is 0 Å². The topological polar surface area (TPSA) is 48.5 Å². The van der Waals surface area contributed by atoms with Crippen LogP contribution >= 0.6 is 11.3 Å². The zero-order valence-corrected chi connectivity index (χ0v) is 13.3. The maximum atomic E-state index is 4.90. The minimum Gasteiger partial charge on any atom is -0.339 e. The van der Waals surface area contributed by atoms with Crippen LogP contribution in [0.5, 0.6) is 0 Å². The average molecular weight is 319 g/mol. The van der Waals surface area contributed by atoms with E-state index in [0.717, 1.165) is 45.2 Å². The number of fused-ring (bicyclic) bond motifs is 5. The second-order valence-electron chi connectivity index (χ2n) is 5.56. The van der Waals surface area contributed by atoms with E-state index in [1.54, 1.807) is 11.3 Å². The number of thiazole rings is 1. The maximum Gasteiger partial charge on any atom is 0.185 e. The summed E-state index contributed by atoms with van der Waals surface area (Å²) in [6.45, 7) is 2.74. The van der Waals surface area contributed by atoms with Crippen molar-refractivity contribution in [3.8, 4) is 27.1 Å². The van der Waals surface area contributed by atoms with Crippen molar-refractivity contribution in [1.82, 2.24) is 24.3 Å². The van der Waals surface area contributed by atoms with Gasteiger partial charge < -0.3 is 4.57 Å². The molecule has 0 saturated heterocycles. The molecule has 5 nitrogen and oxygen atoms in total. The normalized spacial score (nSPS) is 12.4. The molecule has 0 aliphatic carbocycles.